The zero-order valence-electron chi connectivity index (χ0n) is 18.1. The van der Waals surface area contributed by atoms with Gasteiger partial charge in [0.2, 0.25) is 0 Å². The average molecular weight is 433 g/mol. The molecule has 0 radical (unpaired) electrons. The van der Waals surface area contributed by atoms with Gasteiger partial charge < -0.3 is 0 Å². The number of hydrogen-bond acceptors (Lipinski definition) is 3. The van der Waals surface area contributed by atoms with Crippen molar-refractivity contribution in [3.63, 3.8) is 0 Å². The Labute approximate surface area is 193 Å². The third-order valence-corrected chi connectivity index (χ3v) is 6.22. The normalized spacial score (nSPS) is 13.3. The summed E-state index contributed by atoms with van der Waals surface area (Å²) in [6.45, 7) is 0.713. The van der Waals surface area contributed by atoms with E-state index < -0.39 is 5.54 Å². The summed E-state index contributed by atoms with van der Waals surface area (Å²) in [5, 5.41) is 3.73. The molecule has 0 aliphatic carbocycles. The van der Waals surface area contributed by atoms with Crippen molar-refractivity contribution in [2.45, 2.75) is 5.54 Å². The van der Waals surface area contributed by atoms with Gasteiger partial charge in [0.25, 0.3) is 11.8 Å². The monoisotopic (exact) mass is 432 g/mol. The first-order valence-corrected chi connectivity index (χ1v) is 11.1. The highest BCUT2D eigenvalue weighted by Crippen LogP contribution is 2.36. The van der Waals surface area contributed by atoms with Crippen LogP contribution in [0, 0.1) is 0 Å². The predicted molar refractivity (Wildman–Crippen MR) is 129 cm³/mol. The summed E-state index contributed by atoms with van der Waals surface area (Å²) in [7, 11) is 0. The first-order valence-electron chi connectivity index (χ1n) is 11.1. The van der Waals surface area contributed by atoms with Crippen molar-refractivity contribution in [2.75, 3.05) is 13.1 Å². The highest BCUT2D eigenvalue weighted by molar-refractivity contribution is 6.21. The zero-order valence-corrected chi connectivity index (χ0v) is 18.1. The third kappa shape index (κ3) is 3.65. The summed E-state index contributed by atoms with van der Waals surface area (Å²) in [6, 6.07) is 37.8. The molecular weight excluding hydrogens is 408 g/mol. The molecule has 0 aromatic heterocycles. The SMILES string of the molecule is O=C1c2ccccc2C(=O)N1CCNC(c1ccccc1)(c1ccccc1)c1ccccc1. The third-order valence-electron chi connectivity index (χ3n) is 6.22. The zero-order chi connectivity index (χ0) is 22.7. The number of rotatable bonds is 7. The molecule has 0 atom stereocenters. The van der Waals surface area contributed by atoms with Gasteiger partial charge in [0.05, 0.1) is 16.7 Å². The van der Waals surface area contributed by atoms with Crippen LogP contribution in [-0.4, -0.2) is 29.8 Å². The van der Waals surface area contributed by atoms with Gasteiger partial charge in [-0.1, -0.05) is 103 Å². The van der Waals surface area contributed by atoms with Crippen LogP contribution < -0.4 is 5.32 Å². The number of hydrogen-bond donors (Lipinski definition) is 1. The lowest BCUT2D eigenvalue weighted by Crippen LogP contribution is -2.48. The van der Waals surface area contributed by atoms with E-state index in [9.17, 15) is 9.59 Å². The van der Waals surface area contributed by atoms with Crippen LogP contribution in [0.5, 0.6) is 0 Å². The molecule has 162 valence electrons. The maximum Gasteiger partial charge on any atom is 0.261 e. The van der Waals surface area contributed by atoms with Gasteiger partial charge in [0.15, 0.2) is 0 Å². The first kappa shape index (κ1) is 20.9. The number of imide groups is 1. The molecule has 4 aromatic rings. The van der Waals surface area contributed by atoms with E-state index in [0.29, 0.717) is 17.7 Å². The molecule has 1 aliphatic heterocycles. The lowest BCUT2D eigenvalue weighted by molar-refractivity contribution is 0.0653. The first-order chi connectivity index (χ1) is 16.2. The van der Waals surface area contributed by atoms with E-state index in [1.54, 1.807) is 24.3 Å². The fourth-order valence-electron chi connectivity index (χ4n) is 4.67. The molecular formula is C29H24N2O2. The highest BCUT2D eigenvalue weighted by Gasteiger charge is 2.38. The van der Waals surface area contributed by atoms with E-state index in [-0.39, 0.29) is 18.4 Å². The van der Waals surface area contributed by atoms with Crippen molar-refractivity contribution < 1.29 is 9.59 Å². The van der Waals surface area contributed by atoms with Gasteiger partial charge in [-0.2, -0.15) is 0 Å². The van der Waals surface area contributed by atoms with E-state index in [4.69, 9.17) is 0 Å². The second kappa shape index (κ2) is 8.85. The van der Waals surface area contributed by atoms with E-state index in [2.05, 4.69) is 41.7 Å². The van der Waals surface area contributed by atoms with Crippen LogP contribution in [-0.2, 0) is 5.54 Å². The number of nitrogens with zero attached hydrogens (tertiary/aromatic N) is 1. The Bertz CT molecular complexity index is 1140. The van der Waals surface area contributed by atoms with Gasteiger partial charge >= 0.3 is 0 Å². The van der Waals surface area contributed by atoms with E-state index in [1.165, 1.54) is 4.90 Å². The molecule has 5 rings (SSSR count). The van der Waals surface area contributed by atoms with Gasteiger partial charge in [-0.3, -0.25) is 19.8 Å². The van der Waals surface area contributed by atoms with Gasteiger partial charge in [-0.05, 0) is 28.8 Å². The molecule has 4 nitrogen and oxygen atoms in total. The molecule has 0 saturated heterocycles. The van der Waals surface area contributed by atoms with Crippen LogP contribution in [0.25, 0.3) is 0 Å². The molecule has 33 heavy (non-hydrogen) atoms. The molecule has 0 unspecified atom stereocenters. The van der Waals surface area contributed by atoms with Crippen molar-refractivity contribution in [3.8, 4) is 0 Å². The van der Waals surface area contributed by atoms with Crippen LogP contribution in [0.3, 0.4) is 0 Å². The minimum absolute atomic E-state index is 0.234. The Hall–Kier alpha value is -4.02. The van der Waals surface area contributed by atoms with Crippen molar-refractivity contribution in [2.24, 2.45) is 0 Å². The number of nitrogens with one attached hydrogen (secondary N) is 1. The van der Waals surface area contributed by atoms with Gasteiger partial charge in [-0.25, -0.2) is 0 Å². The minimum Gasteiger partial charge on any atom is -0.298 e. The molecule has 0 fully saturated rings. The Morgan fingerprint density at radius 2 is 0.909 bits per heavy atom. The van der Waals surface area contributed by atoms with E-state index in [0.717, 1.165) is 16.7 Å². The second-order valence-corrected chi connectivity index (χ2v) is 8.08. The molecule has 1 N–H and O–H groups in total. The van der Waals surface area contributed by atoms with Crippen molar-refractivity contribution in [1.82, 2.24) is 10.2 Å². The number of carbonyl (C=O) groups is 2. The molecule has 0 bridgehead atoms. The summed E-state index contributed by atoms with van der Waals surface area (Å²) in [4.78, 5) is 27.0. The number of carbonyl (C=O) groups excluding carboxylic acids is 2. The van der Waals surface area contributed by atoms with Crippen LogP contribution in [0.1, 0.15) is 37.4 Å². The molecule has 1 aliphatic rings. The molecule has 2 amide bonds. The van der Waals surface area contributed by atoms with Crippen molar-refractivity contribution in [1.29, 1.82) is 0 Å². The predicted octanol–water partition coefficient (Wildman–Crippen LogP) is 4.86. The van der Waals surface area contributed by atoms with Crippen molar-refractivity contribution >= 4 is 11.8 Å². The van der Waals surface area contributed by atoms with Crippen LogP contribution >= 0.6 is 0 Å². The van der Waals surface area contributed by atoms with Crippen LogP contribution in [0.2, 0.25) is 0 Å². The fraction of sp³-hybridized carbons (Fsp3) is 0.103. The average Bonchev–Trinajstić information content (AvgIpc) is 3.13. The summed E-state index contributed by atoms with van der Waals surface area (Å²) in [5.41, 5.74) is 3.58. The fourth-order valence-corrected chi connectivity index (χ4v) is 4.67. The maximum absolute atomic E-state index is 12.8. The Kier molecular flexibility index (Phi) is 5.59. The number of fused-ring (bicyclic) bond motifs is 1. The highest BCUT2D eigenvalue weighted by atomic mass is 16.2. The van der Waals surface area contributed by atoms with E-state index in [1.807, 2.05) is 54.6 Å². The smallest absolute Gasteiger partial charge is 0.261 e. The molecule has 1 heterocycles. The van der Waals surface area contributed by atoms with Gasteiger partial charge in [0.1, 0.15) is 0 Å². The van der Waals surface area contributed by atoms with Gasteiger partial charge in [0, 0.05) is 13.1 Å². The topological polar surface area (TPSA) is 49.4 Å². The maximum atomic E-state index is 12.8. The minimum atomic E-state index is -0.636. The standard InChI is InChI=1S/C29H24N2O2/c32-27-25-18-10-11-19-26(25)28(33)31(27)21-20-30-29(22-12-4-1-5-13-22,23-14-6-2-7-15-23)24-16-8-3-9-17-24/h1-19,30H,20-21H2. The van der Waals surface area contributed by atoms with Crippen LogP contribution in [0.15, 0.2) is 115 Å². The Morgan fingerprint density at radius 1 is 0.545 bits per heavy atom. The lowest BCUT2D eigenvalue weighted by atomic mass is 9.77. The molecule has 4 heteroatoms. The van der Waals surface area contributed by atoms with Crippen LogP contribution in [0.4, 0.5) is 0 Å². The summed E-state index contributed by atoms with van der Waals surface area (Å²) < 4.78 is 0. The Morgan fingerprint density at radius 3 is 1.30 bits per heavy atom. The summed E-state index contributed by atoms with van der Waals surface area (Å²) in [5.74, 6) is -0.468. The number of amides is 2. The lowest BCUT2D eigenvalue weighted by Gasteiger charge is -2.37. The molecule has 0 saturated carbocycles. The second-order valence-electron chi connectivity index (χ2n) is 8.08. The Balaban J connectivity index is 1.51. The summed E-state index contributed by atoms with van der Waals surface area (Å²) in [6.07, 6.45) is 0. The van der Waals surface area contributed by atoms with Crippen molar-refractivity contribution in [3.05, 3.63) is 143 Å². The molecule has 0 spiro atoms. The quantitative estimate of drug-likeness (QED) is 0.335. The molecule has 4 aromatic carbocycles. The summed E-state index contributed by atoms with van der Waals surface area (Å²) >= 11 is 0. The van der Waals surface area contributed by atoms with E-state index >= 15 is 0 Å². The largest absolute Gasteiger partial charge is 0.298 e. The van der Waals surface area contributed by atoms with Gasteiger partial charge in [-0.15, -0.1) is 0 Å². The number of benzene rings is 4.